The molecule has 6 heteroatoms. The lowest BCUT2D eigenvalue weighted by atomic mass is 10.1. The fourth-order valence-electron chi connectivity index (χ4n) is 2.96. The average Bonchev–Trinajstić information content (AvgIpc) is 3.24. The van der Waals surface area contributed by atoms with Crippen LogP contribution in [-0.4, -0.2) is 40.1 Å². The zero-order valence-electron chi connectivity index (χ0n) is 12.4. The van der Waals surface area contributed by atoms with Gasteiger partial charge in [0.1, 0.15) is 5.52 Å². The van der Waals surface area contributed by atoms with Crippen molar-refractivity contribution >= 4 is 16.9 Å². The number of aromatic nitrogens is 4. The molecule has 0 unspecified atom stereocenters. The van der Waals surface area contributed by atoms with Crippen molar-refractivity contribution in [1.82, 2.24) is 19.9 Å². The van der Waals surface area contributed by atoms with Crippen molar-refractivity contribution in [2.24, 2.45) is 0 Å². The Morgan fingerprint density at radius 1 is 1.14 bits per heavy atom. The van der Waals surface area contributed by atoms with Crippen LogP contribution < -0.4 is 9.64 Å². The molecule has 1 aliphatic rings. The van der Waals surface area contributed by atoms with Crippen molar-refractivity contribution in [3.8, 4) is 17.0 Å². The lowest BCUT2D eigenvalue weighted by molar-refractivity contribution is 0.402. The average molecular weight is 295 g/mol. The molecule has 0 aliphatic carbocycles. The molecule has 0 atom stereocenters. The van der Waals surface area contributed by atoms with E-state index < -0.39 is 0 Å². The highest BCUT2D eigenvalue weighted by molar-refractivity contribution is 5.97. The van der Waals surface area contributed by atoms with Crippen LogP contribution in [0.2, 0.25) is 0 Å². The van der Waals surface area contributed by atoms with E-state index in [-0.39, 0.29) is 0 Å². The first-order chi connectivity index (χ1) is 10.9. The molecule has 3 aromatic heterocycles. The molecule has 0 aromatic carbocycles. The van der Waals surface area contributed by atoms with Crippen LogP contribution in [0.4, 0.5) is 5.95 Å². The molecule has 4 heterocycles. The number of hydrogen-bond donors (Lipinski definition) is 1. The summed E-state index contributed by atoms with van der Waals surface area (Å²) in [6, 6.07) is 1.97. The summed E-state index contributed by atoms with van der Waals surface area (Å²) in [4.78, 5) is 18.7. The van der Waals surface area contributed by atoms with E-state index in [1.165, 1.54) is 12.8 Å². The fraction of sp³-hybridized carbons (Fsp3) is 0.312. The highest BCUT2D eigenvalue weighted by Gasteiger charge is 2.16. The first kappa shape index (κ1) is 13.1. The molecule has 6 nitrogen and oxygen atoms in total. The van der Waals surface area contributed by atoms with E-state index in [4.69, 9.17) is 4.74 Å². The third-order valence-electron chi connectivity index (χ3n) is 4.10. The second kappa shape index (κ2) is 5.29. The minimum Gasteiger partial charge on any atom is -0.479 e. The Morgan fingerprint density at radius 3 is 2.64 bits per heavy atom. The number of methoxy groups -OCH3 is 1. The van der Waals surface area contributed by atoms with Gasteiger partial charge in [0, 0.05) is 54.4 Å². The molecule has 1 saturated heterocycles. The first-order valence-corrected chi connectivity index (χ1v) is 7.44. The van der Waals surface area contributed by atoms with Crippen LogP contribution in [0.15, 0.2) is 30.9 Å². The monoisotopic (exact) mass is 295 g/mol. The van der Waals surface area contributed by atoms with Crippen molar-refractivity contribution < 1.29 is 4.74 Å². The smallest absolute Gasteiger partial charge is 0.238 e. The number of aromatic amines is 1. The van der Waals surface area contributed by atoms with Crippen molar-refractivity contribution in [3.05, 3.63) is 30.9 Å². The second-order valence-corrected chi connectivity index (χ2v) is 5.41. The lowest BCUT2D eigenvalue weighted by Crippen LogP contribution is -2.20. The van der Waals surface area contributed by atoms with Gasteiger partial charge in [0.2, 0.25) is 11.8 Å². The molecule has 1 aliphatic heterocycles. The highest BCUT2D eigenvalue weighted by atomic mass is 16.5. The van der Waals surface area contributed by atoms with Crippen molar-refractivity contribution in [3.63, 3.8) is 0 Å². The molecular formula is C16H17N5O. The molecule has 3 aromatic rings. The van der Waals surface area contributed by atoms with Crippen molar-refractivity contribution in [2.75, 3.05) is 25.1 Å². The summed E-state index contributed by atoms with van der Waals surface area (Å²) < 4.78 is 5.28. The molecular weight excluding hydrogens is 278 g/mol. The van der Waals surface area contributed by atoms with Gasteiger partial charge in [-0.15, -0.1) is 0 Å². The van der Waals surface area contributed by atoms with Gasteiger partial charge < -0.3 is 14.6 Å². The summed E-state index contributed by atoms with van der Waals surface area (Å²) in [6.45, 7) is 2.10. The number of nitrogens with zero attached hydrogens (tertiary/aromatic N) is 4. The van der Waals surface area contributed by atoms with E-state index in [1.54, 1.807) is 13.3 Å². The zero-order valence-corrected chi connectivity index (χ0v) is 12.4. The maximum Gasteiger partial charge on any atom is 0.238 e. The Labute approximate surface area is 128 Å². The predicted octanol–water partition coefficient (Wildman–Crippen LogP) is 2.63. The van der Waals surface area contributed by atoms with Gasteiger partial charge in [-0.25, -0.2) is 15.0 Å². The van der Waals surface area contributed by atoms with E-state index >= 15 is 0 Å². The van der Waals surface area contributed by atoms with Crippen molar-refractivity contribution in [2.45, 2.75) is 12.8 Å². The Hall–Kier alpha value is -2.63. The van der Waals surface area contributed by atoms with Gasteiger partial charge in [0.05, 0.1) is 7.11 Å². The van der Waals surface area contributed by atoms with Gasteiger partial charge in [-0.3, -0.25) is 0 Å². The summed E-state index contributed by atoms with van der Waals surface area (Å²) in [6.07, 6.45) is 9.91. The fourth-order valence-corrected chi connectivity index (χ4v) is 2.96. The third-order valence-corrected chi connectivity index (χ3v) is 4.10. The Morgan fingerprint density at radius 2 is 1.91 bits per heavy atom. The SMILES string of the molecule is COc1nccc2c(-c3cnc(N4CCCC4)nc3)c[nH]c12. The van der Waals surface area contributed by atoms with Crippen LogP contribution >= 0.6 is 0 Å². The largest absolute Gasteiger partial charge is 0.479 e. The Bertz CT molecular complexity index is 790. The van der Waals surface area contributed by atoms with Crippen LogP contribution in [0.3, 0.4) is 0 Å². The number of rotatable bonds is 3. The third kappa shape index (κ3) is 2.07. The molecule has 0 bridgehead atoms. The van der Waals surface area contributed by atoms with E-state index in [0.29, 0.717) is 5.88 Å². The summed E-state index contributed by atoms with van der Waals surface area (Å²) >= 11 is 0. The number of hydrogen-bond acceptors (Lipinski definition) is 5. The normalized spacial score (nSPS) is 14.7. The second-order valence-electron chi connectivity index (χ2n) is 5.41. The summed E-state index contributed by atoms with van der Waals surface area (Å²) in [7, 11) is 1.62. The standard InChI is InChI=1S/C16H17N5O/c1-22-15-14-12(4-5-17-15)13(10-18-14)11-8-19-16(20-9-11)21-6-2-3-7-21/h4-5,8-10,18H,2-3,6-7H2,1H3. The summed E-state index contributed by atoms with van der Waals surface area (Å²) in [5.74, 6) is 1.42. The minimum atomic E-state index is 0.596. The lowest BCUT2D eigenvalue weighted by Gasteiger charge is -2.14. The van der Waals surface area contributed by atoms with Gasteiger partial charge in [-0.05, 0) is 18.9 Å². The van der Waals surface area contributed by atoms with Crippen LogP contribution in [0, 0.1) is 0 Å². The minimum absolute atomic E-state index is 0.596. The maximum absolute atomic E-state index is 5.28. The molecule has 0 amide bonds. The number of pyridine rings is 1. The molecule has 4 rings (SSSR count). The van der Waals surface area contributed by atoms with E-state index in [9.17, 15) is 0 Å². The molecule has 22 heavy (non-hydrogen) atoms. The van der Waals surface area contributed by atoms with Gasteiger partial charge in [0.25, 0.3) is 0 Å². The topological polar surface area (TPSA) is 66.9 Å². The molecule has 0 saturated carbocycles. The molecule has 0 radical (unpaired) electrons. The summed E-state index contributed by atoms with van der Waals surface area (Å²) in [5, 5.41) is 1.06. The first-order valence-electron chi connectivity index (χ1n) is 7.44. The molecule has 112 valence electrons. The van der Waals surface area contributed by atoms with Crippen LogP contribution in [0.1, 0.15) is 12.8 Å². The number of H-pyrrole nitrogens is 1. The van der Waals surface area contributed by atoms with Gasteiger partial charge in [-0.1, -0.05) is 0 Å². The van der Waals surface area contributed by atoms with Crippen molar-refractivity contribution in [1.29, 1.82) is 0 Å². The van der Waals surface area contributed by atoms with E-state index in [0.717, 1.165) is 41.1 Å². The molecule has 1 fully saturated rings. The number of nitrogens with one attached hydrogen (secondary N) is 1. The number of ether oxygens (including phenoxy) is 1. The quantitative estimate of drug-likeness (QED) is 0.804. The molecule has 0 spiro atoms. The number of fused-ring (bicyclic) bond motifs is 1. The zero-order chi connectivity index (χ0) is 14.9. The maximum atomic E-state index is 5.28. The number of anilines is 1. The Balaban J connectivity index is 1.72. The van der Waals surface area contributed by atoms with Gasteiger partial charge in [-0.2, -0.15) is 0 Å². The predicted molar refractivity (Wildman–Crippen MR) is 85.1 cm³/mol. The Kier molecular flexibility index (Phi) is 3.14. The molecule has 1 N–H and O–H groups in total. The van der Waals surface area contributed by atoms with Crippen LogP contribution in [0.25, 0.3) is 22.0 Å². The van der Waals surface area contributed by atoms with Crippen LogP contribution in [-0.2, 0) is 0 Å². The van der Waals surface area contributed by atoms with Crippen LogP contribution in [0.5, 0.6) is 5.88 Å². The summed E-state index contributed by atoms with van der Waals surface area (Å²) in [5.41, 5.74) is 2.94. The van der Waals surface area contributed by atoms with Gasteiger partial charge in [0.15, 0.2) is 0 Å². The van der Waals surface area contributed by atoms with E-state index in [2.05, 4.69) is 24.8 Å². The van der Waals surface area contributed by atoms with Gasteiger partial charge >= 0.3 is 0 Å². The van der Waals surface area contributed by atoms with E-state index in [1.807, 2.05) is 24.7 Å². The highest BCUT2D eigenvalue weighted by Crippen LogP contribution is 2.31.